The molecular formula is C58H76F4N10O10Si. The largest absolute Gasteiger partial charge is 0.453 e. The number of nitrogens with one attached hydrogen (secondary N) is 4. The third-order valence-electron chi connectivity index (χ3n) is 18.4. The third kappa shape index (κ3) is 11.8. The van der Waals surface area contributed by atoms with E-state index in [0.29, 0.717) is 72.9 Å². The maximum absolute atomic E-state index is 17.2. The molecule has 5 aliphatic rings. The molecule has 5 saturated heterocycles. The van der Waals surface area contributed by atoms with Crippen molar-refractivity contribution in [1.29, 1.82) is 0 Å². The number of imidazole rings is 2. The van der Waals surface area contributed by atoms with Gasteiger partial charge < -0.3 is 68.6 Å². The standard InChI is InChI=1S/C58H76F4N10O10Si/c1-31(79-5)50(67-57(75)81-7)55(73)70-27-33(29-77-3)19-48(70)53-63-42-23-36(38(59)25-44(42)65-53)46-11-12-47(72(46)35-21-40(61)52(41(62)22-35)69-13-17-83(18-14-69)15-9-10-16-83)37-24-43-45(26-39(37)60)66-54(64-43)49-20-34(30-78-4)28-71(49)56(74)51(32(2)80-6)68-58(76)82-8/h21-26,31-34,46-51H,9-20,27-30H2,1-8H3,(H,63,65)(H,64,66)(H,67,75)(H,68,76)/t31-,32-,33+,34+,46-,47-,48+,49+,50+,51+/m1/s1. The maximum Gasteiger partial charge on any atom is 0.407 e. The first-order chi connectivity index (χ1) is 39.9. The van der Waals surface area contributed by atoms with Gasteiger partial charge in [0.2, 0.25) is 11.8 Å². The third-order valence-corrected chi connectivity index (χ3v) is 23.8. The van der Waals surface area contributed by atoms with E-state index < -0.39 is 104 Å². The minimum atomic E-state index is -1.45. The molecule has 3 aromatic carbocycles. The highest BCUT2D eigenvalue weighted by Crippen LogP contribution is 2.51. The van der Waals surface area contributed by atoms with Crippen molar-refractivity contribution in [3.05, 3.63) is 82.4 Å². The van der Waals surface area contributed by atoms with E-state index in [1.54, 1.807) is 54.9 Å². The molecule has 10 atom stereocenters. The van der Waals surface area contributed by atoms with E-state index in [2.05, 4.69) is 20.6 Å². The molecule has 20 nitrogen and oxygen atoms in total. The zero-order valence-corrected chi connectivity index (χ0v) is 49.3. The molecule has 5 fully saturated rings. The van der Waals surface area contributed by atoms with Gasteiger partial charge in [0.05, 0.1) is 93.9 Å². The molecule has 10 rings (SSSR count). The number of hydrogen-bond acceptors (Lipinski definition) is 14. The molecule has 0 radical (unpaired) electrons. The van der Waals surface area contributed by atoms with Crippen molar-refractivity contribution >= 4 is 65.5 Å². The Morgan fingerprint density at radius 1 is 0.614 bits per heavy atom. The number of fused-ring (bicyclic) bond motifs is 2. The van der Waals surface area contributed by atoms with E-state index >= 15 is 17.6 Å². The number of amides is 4. The van der Waals surface area contributed by atoms with E-state index in [9.17, 15) is 19.2 Å². The molecule has 1 spiro atoms. The van der Waals surface area contributed by atoms with Gasteiger partial charge in [-0.25, -0.2) is 37.1 Å². The molecule has 0 bridgehead atoms. The van der Waals surface area contributed by atoms with Crippen molar-refractivity contribution < 1.29 is 65.2 Å². The van der Waals surface area contributed by atoms with Crippen LogP contribution in [0.15, 0.2) is 36.4 Å². The predicted molar refractivity (Wildman–Crippen MR) is 303 cm³/mol. The number of carbonyl (C=O) groups excluding carboxylic acids is 4. The predicted octanol–water partition coefficient (Wildman–Crippen LogP) is 8.73. The molecule has 7 heterocycles. The lowest BCUT2D eigenvalue weighted by Crippen LogP contribution is -2.54. The summed E-state index contributed by atoms with van der Waals surface area (Å²) in [5.41, 5.74) is 1.66. The van der Waals surface area contributed by atoms with Crippen molar-refractivity contribution in [2.24, 2.45) is 11.8 Å². The van der Waals surface area contributed by atoms with Gasteiger partial charge in [-0.05, 0) is 88.0 Å². The molecule has 5 aromatic rings. The van der Waals surface area contributed by atoms with Crippen LogP contribution in [0.5, 0.6) is 0 Å². The fraction of sp³-hybridized carbons (Fsp3) is 0.586. The highest BCUT2D eigenvalue weighted by Gasteiger charge is 2.46. The Kier molecular flexibility index (Phi) is 17.9. The average molecular weight is 1180 g/mol. The van der Waals surface area contributed by atoms with Gasteiger partial charge in [0.25, 0.3) is 0 Å². The number of likely N-dealkylation sites (tertiary alicyclic amines) is 2. The van der Waals surface area contributed by atoms with E-state index in [0.717, 1.165) is 12.1 Å². The van der Waals surface area contributed by atoms with Gasteiger partial charge in [0.15, 0.2) is 11.6 Å². The molecule has 83 heavy (non-hydrogen) atoms. The number of anilines is 2. The van der Waals surface area contributed by atoms with Crippen LogP contribution in [-0.4, -0.2) is 168 Å². The Labute approximate surface area is 480 Å². The molecule has 25 heteroatoms. The van der Waals surface area contributed by atoms with Crippen LogP contribution in [0.25, 0.3) is 22.1 Å². The van der Waals surface area contributed by atoms with Gasteiger partial charge in [-0.3, -0.25) is 9.59 Å². The quantitative estimate of drug-likeness (QED) is 0.0477. The highest BCUT2D eigenvalue weighted by molar-refractivity contribution is 6.80. The topological polar surface area (TPSA) is 218 Å². The molecule has 0 aliphatic carbocycles. The lowest BCUT2D eigenvalue weighted by molar-refractivity contribution is -0.138. The van der Waals surface area contributed by atoms with Gasteiger partial charge >= 0.3 is 12.2 Å². The van der Waals surface area contributed by atoms with Crippen molar-refractivity contribution in [1.82, 2.24) is 40.4 Å². The number of carbonyl (C=O) groups is 4. The lowest BCUT2D eigenvalue weighted by atomic mass is 10.0. The fourth-order valence-corrected chi connectivity index (χ4v) is 18.9. The maximum atomic E-state index is 17.2. The van der Waals surface area contributed by atoms with Crippen molar-refractivity contribution in [2.45, 2.75) is 125 Å². The second-order valence-electron chi connectivity index (χ2n) is 23.2. The summed E-state index contributed by atoms with van der Waals surface area (Å²) in [5, 5.41) is 5.20. The number of halogens is 4. The van der Waals surface area contributed by atoms with Crippen LogP contribution in [-0.2, 0) is 38.0 Å². The molecule has 450 valence electrons. The summed E-state index contributed by atoms with van der Waals surface area (Å²) < 4.78 is 100.0. The zero-order valence-electron chi connectivity index (χ0n) is 48.3. The SMILES string of the molecule is COC[C@H]1C[C@@H](c2nc3cc([C@H]4CC[C@H](c5cc6nc([C@@H]7C[C@H](COC)CN7C(=O)[C@@H](NC(=O)OC)[C@@H](C)OC)[nH]c6cc5F)N4c4cc(F)c(N5CC[Si]6(CCCC6)CC5)c(F)c4)c(F)cc3[nH]2)N(C(=O)[C@@H](NC(=O)OC)[C@@H](C)OC)C1. The smallest absolute Gasteiger partial charge is 0.407 e. The number of methoxy groups -OCH3 is 6. The Morgan fingerprint density at radius 3 is 1.45 bits per heavy atom. The molecule has 4 amide bonds. The number of aromatic nitrogens is 4. The fourth-order valence-electron chi connectivity index (χ4n) is 13.9. The summed E-state index contributed by atoms with van der Waals surface area (Å²) in [4.78, 5) is 76.8. The van der Waals surface area contributed by atoms with Crippen LogP contribution in [0.1, 0.15) is 99.3 Å². The van der Waals surface area contributed by atoms with Gasteiger partial charge in [0, 0.05) is 83.3 Å². The summed E-state index contributed by atoms with van der Waals surface area (Å²) >= 11 is 0. The van der Waals surface area contributed by atoms with Crippen LogP contribution < -0.4 is 20.4 Å². The Hall–Kier alpha value is -6.54. The number of alkyl carbamates (subject to hydrolysis) is 2. The average Bonchev–Trinajstić information content (AvgIpc) is 4.55. The number of nitrogens with zero attached hydrogens (tertiary/aromatic N) is 6. The van der Waals surface area contributed by atoms with E-state index in [-0.39, 0.29) is 60.3 Å². The Balaban J connectivity index is 1.02. The lowest BCUT2D eigenvalue weighted by Gasteiger charge is -2.39. The minimum absolute atomic E-state index is 0.0914. The van der Waals surface area contributed by atoms with Gasteiger partial charge in [-0.1, -0.05) is 24.9 Å². The summed E-state index contributed by atoms with van der Waals surface area (Å²) in [6.07, 6.45) is 0.628. The van der Waals surface area contributed by atoms with Gasteiger partial charge in [-0.15, -0.1) is 0 Å². The number of hydrogen-bond donors (Lipinski definition) is 4. The second-order valence-corrected chi connectivity index (χ2v) is 28.2. The van der Waals surface area contributed by atoms with E-state index in [1.807, 2.05) is 4.90 Å². The summed E-state index contributed by atoms with van der Waals surface area (Å²) in [6, 6.07) is 7.48. The number of aromatic amines is 2. The summed E-state index contributed by atoms with van der Waals surface area (Å²) in [5.74, 6) is -3.25. The second kappa shape index (κ2) is 25.0. The minimum Gasteiger partial charge on any atom is -0.453 e. The molecule has 4 N–H and O–H groups in total. The molecule has 0 unspecified atom stereocenters. The number of ether oxygens (including phenoxy) is 6. The molecule has 5 aliphatic heterocycles. The van der Waals surface area contributed by atoms with Crippen LogP contribution in [0.3, 0.4) is 0 Å². The first-order valence-corrected chi connectivity index (χ1v) is 31.5. The summed E-state index contributed by atoms with van der Waals surface area (Å²) in [7, 11) is 6.93. The van der Waals surface area contributed by atoms with Crippen LogP contribution in [0.2, 0.25) is 24.2 Å². The first-order valence-electron chi connectivity index (χ1n) is 28.7. The number of benzene rings is 3. The summed E-state index contributed by atoms with van der Waals surface area (Å²) in [6.45, 7) is 5.61. The number of rotatable bonds is 18. The van der Waals surface area contributed by atoms with Crippen LogP contribution in [0.4, 0.5) is 38.5 Å². The van der Waals surface area contributed by atoms with E-state index in [1.165, 1.54) is 77.6 Å². The monoisotopic (exact) mass is 1180 g/mol. The molecule has 2 aromatic heterocycles. The first kappa shape index (κ1) is 59.6. The number of H-pyrrole nitrogens is 2. The molecule has 0 saturated carbocycles. The highest BCUT2D eigenvalue weighted by atomic mass is 28.3. The van der Waals surface area contributed by atoms with Crippen LogP contribution in [0, 0.1) is 35.1 Å². The Bertz CT molecular complexity index is 3010. The molecular weight excluding hydrogens is 1100 g/mol. The van der Waals surface area contributed by atoms with E-state index in [4.69, 9.17) is 38.4 Å². The van der Waals surface area contributed by atoms with Crippen molar-refractivity contribution in [3.8, 4) is 0 Å². The van der Waals surface area contributed by atoms with Crippen LogP contribution >= 0.6 is 0 Å². The van der Waals surface area contributed by atoms with Crippen molar-refractivity contribution in [2.75, 3.05) is 91.9 Å². The Morgan fingerprint density at radius 2 is 1.05 bits per heavy atom. The van der Waals surface area contributed by atoms with Gasteiger partial charge in [0.1, 0.15) is 41.1 Å². The zero-order chi connectivity index (χ0) is 59.0. The normalized spacial score (nSPS) is 24.0. The van der Waals surface area contributed by atoms with Gasteiger partial charge in [-0.2, -0.15) is 0 Å². The van der Waals surface area contributed by atoms with Crippen molar-refractivity contribution in [3.63, 3.8) is 0 Å².